The number of nitrogens with zero attached hydrogens (tertiary/aromatic N) is 1. The van der Waals surface area contributed by atoms with Crippen LogP contribution in [0.1, 0.15) is 0 Å². The van der Waals surface area contributed by atoms with Gasteiger partial charge in [-0.1, -0.05) is 44.9 Å². The molecule has 0 bridgehead atoms. The van der Waals surface area contributed by atoms with E-state index in [9.17, 15) is 5.11 Å². The van der Waals surface area contributed by atoms with Crippen LogP contribution in [0.4, 0.5) is 0 Å². The van der Waals surface area contributed by atoms with E-state index in [1.54, 1.807) is 29.2 Å². The molecule has 2 rings (SSSR count). The Morgan fingerprint density at radius 3 is 1.96 bits per heavy atom. The van der Waals surface area contributed by atoms with Crippen LogP contribution >= 0.6 is 47.0 Å². The van der Waals surface area contributed by atoms with E-state index in [1.807, 2.05) is 14.1 Å². The second-order valence-electron chi connectivity index (χ2n) is 4.43. The van der Waals surface area contributed by atoms with Crippen molar-refractivity contribution in [1.82, 2.24) is 4.90 Å². The maximum absolute atomic E-state index is 11.5. The molecule has 0 saturated heterocycles. The Kier molecular flexibility index (Phi) is 8.16. The molecule has 0 aliphatic carbocycles. The lowest BCUT2D eigenvalue weighted by Gasteiger charge is -2.15. The highest BCUT2D eigenvalue weighted by atomic mass is 35.5. The van der Waals surface area contributed by atoms with Gasteiger partial charge in [-0.3, -0.25) is 0 Å². The van der Waals surface area contributed by atoms with Gasteiger partial charge in [0, 0.05) is 24.1 Å². The average Bonchev–Trinajstić information content (AvgIpc) is 2.45. The van der Waals surface area contributed by atoms with Crippen molar-refractivity contribution in [3.63, 3.8) is 0 Å². The molecule has 0 amide bonds. The van der Waals surface area contributed by atoms with Crippen LogP contribution in [-0.4, -0.2) is 23.3 Å². The van der Waals surface area contributed by atoms with Gasteiger partial charge in [-0.2, -0.15) is 0 Å². The summed E-state index contributed by atoms with van der Waals surface area (Å²) in [5.74, 6) is 0.234. The molecule has 8 heteroatoms. The molecule has 0 N–H and O–H groups in total. The van der Waals surface area contributed by atoms with E-state index in [0.29, 0.717) is 25.1 Å². The number of halogens is 3. The normalized spacial score (nSPS) is 9.61. The van der Waals surface area contributed by atoms with Crippen LogP contribution in [0.5, 0.6) is 17.2 Å². The third-order valence-electron chi connectivity index (χ3n) is 2.38. The van der Waals surface area contributed by atoms with E-state index < -0.39 is 0 Å². The van der Waals surface area contributed by atoms with Gasteiger partial charge < -0.3 is 39.6 Å². The van der Waals surface area contributed by atoms with Crippen LogP contribution in [0, 0.1) is 0 Å². The lowest BCUT2D eigenvalue weighted by molar-refractivity contribution is -0.269. The molecule has 0 unspecified atom stereocenters. The third-order valence-corrected chi connectivity index (χ3v) is 3.88. The van der Waals surface area contributed by atoms with Crippen LogP contribution in [0.25, 0.3) is 0 Å². The molecule has 0 radical (unpaired) electrons. The number of hydrogen-bond donors (Lipinski definition) is 0. The molecule has 0 aliphatic heterocycles. The third kappa shape index (κ3) is 6.97. The predicted molar refractivity (Wildman–Crippen MR) is 101 cm³/mol. The number of rotatable bonds is 2. The molecule has 0 aromatic heterocycles. The smallest absolute Gasteiger partial charge is 0.146 e. The summed E-state index contributed by atoms with van der Waals surface area (Å²) >= 11 is 26.5. The number of benzene rings is 2. The first kappa shape index (κ1) is 20.1. The van der Waals surface area contributed by atoms with Gasteiger partial charge in [-0.05, 0) is 36.4 Å². The molecule has 0 heterocycles. The van der Waals surface area contributed by atoms with Crippen molar-refractivity contribution in [2.75, 3.05) is 14.1 Å². The summed E-state index contributed by atoms with van der Waals surface area (Å²) in [6, 6.07) is 9.11. The van der Waals surface area contributed by atoms with Crippen molar-refractivity contribution < 1.29 is 9.84 Å². The van der Waals surface area contributed by atoms with Crippen LogP contribution < -0.4 is 9.84 Å². The van der Waals surface area contributed by atoms with Crippen LogP contribution in [-0.2, 0) is 12.6 Å². The standard InChI is InChI=1S/C12H7Cl3O2.C3H7NS2/c13-7-1-3-11(9(15)5-7)17-12-4-2-8(14)6-10(12)16;1-4(2)3(5)6/h1-6,16H;1-2H3,(H,5,6)/p-2. The van der Waals surface area contributed by atoms with Crippen molar-refractivity contribution in [3.05, 3.63) is 51.5 Å². The van der Waals surface area contributed by atoms with Gasteiger partial charge in [0.1, 0.15) is 11.5 Å². The first-order chi connectivity index (χ1) is 10.7. The summed E-state index contributed by atoms with van der Waals surface area (Å²) in [7, 11) is 3.66. The molecule has 3 nitrogen and oxygen atoms in total. The van der Waals surface area contributed by atoms with Gasteiger partial charge in [0.2, 0.25) is 0 Å². The Morgan fingerprint density at radius 1 is 1.04 bits per heavy atom. The number of thiocarbonyl (C=S) groups is 1. The van der Waals surface area contributed by atoms with E-state index in [0.717, 1.165) is 0 Å². The first-order valence-corrected chi connectivity index (χ1v) is 8.13. The van der Waals surface area contributed by atoms with Crippen molar-refractivity contribution in [3.8, 4) is 17.2 Å². The van der Waals surface area contributed by atoms with Crippen LogP contribution in [0.15, 0.2) is 36.4 Å². The van der Waals surface area contributed by atoms with Crippen molar-refractivity contribution in [2.24, 2.45) is 0 Å². The molecule has 0 saturated carbocycles. The van der Waals surface area contributed by atoms with Gasteiger partial charge in [-0.25, -0.2) is 0 Å². The van der Waals surface area contributed by atoms with E-state index in [1.165, 1.54) is 12.1 Å². The fourth-order valence-corrected chi connectivity index (χ4v) is 1.85. The monoisotopic (exact) mass is 407 g/mol. The average molecular weight is 409 g/mol. The fourth-order valence-electron chi connectivity index (χ4n) is 1.24. The summed E-state index contributed by atoms with van der Waals surface area (Å²) < 4.78 is 5.90. The zero-order valence-electron chi connectivity index (χ0n) is 12.2. The van der Waals surface area contributed by atoms with E-state index in [4.69, 9.17) is 39.5 Å². The summed E-state index contributed by atoms with van der Waals surface area (Å²) in [4.78, 5) is 1.71. The molecule has 2 aromatic carbocycles. The van der Waals surface area contributed by atoms with Crippen molar-refractivity contribution >= 4 is 64.0 Å². The van der Waals surface area contributed by atoms with Gasteiger partial charge in [0.15, 0.2) is 0 Å². The molecular weight excluding hydrogens is 397 g/mol. The van der Waals surface area contributed by atoms with Gasteiger partial charge in [-0.15, -0.1) is 0 Å². The second kappa shape index (κ2) is 9.35. The Balaban J connectivity index is 0.000000379. The van der Waals surface area contributed by atoms with Crippen molar-refractivity contribution in [2.45, 2.75) is 0 Å². The minimum absolute atomic E-state index is 0.165. The quantitative estimate of drug-likeness (QED) is 0.522. The summed E-state index contributed by atoms with van der Waals surface area (Å²) in [5, 5.41) is 12.7. The van der Waals surface area contributed by atoms with E-state index in [-0.39, 0.29) is 11.5 Å². The molecule has 0 aliphatic rings. The number of hydrogen-bond acceptors (Lipinski definition) is 4. The highest BCUT2D eigenvalue weighted by Crippen LogP contribution is 2.35. The van der Waals surface area contributed by atoms with Crippen LogP contribution in [0.3, 0.4) is 0 Å². The molecular formula is C15H12Cl3NO2S2-2. The van der Waals surface area contributed by atoms with Crippen molar-refractivity contribution in [1.29, 1.82) is 0 Å². The minimum atomic E-state index is -0.302. The van der Waals surface area contributed by atoms with E-state index in [2.05, 4.69) is 24.8 Å². The van der Waals surface area contributed by atoms with Gasteiger partial charge in [0.25, 0.3) is 0 Å². The van der Waals surface area contributed by atoms with Crippen LogP contribution in [0.2, 0.25) is 15.1 Å². The fraction of sp³-hybridized carbons (Fsp3) is 0.133. The molecule has 0 atom stereocenters. The Morgan fingerprint density at radius 2 is 1.52 bits per heavy atom. The van der Waals surface area contributed by atoms with Gasteiger partial charge >= 0.3 is 0 Å². The topological polar surface area (TPSA) is 35.5 Å². The Labute approximate surface area is 161 Å². The number of ether oxygens (including phenoxy) is 1. The SMILES string of the molecule is CN(C)C(=S)[S-].[O-]c1cc(Cl)ccc1Oc1ccc(Cl)cc1Cl. The van der Waals surface area contributed by atoms with E-state index >= 15 is 0 Å². The highest BCUT2D eigenvalue weighted by molar-refractivity contribution is 8.00. The second-order valence-corrected chi connectivity index (χ2v) is 6.74. The van der Waals surface area contributed by atoms with Gasteiger partial charge in [0.05, 0.1) is 5.02 Å². The minimum Gasteiger partial charge on any atom is -0.870 e. The lowest BCUT2D eigenvalue weighted by atomic mass is 10.3. The maximum Gasteiger partial charge on any atom is 0.146 e. The molecule has 0 fully saturated rings. The predicted octanol–water partition coefficient (Wildman–Crippen LogP) is 4.89. The zero-order chi connectivity index (χ0) is 17.6. The lowest BCUT2D eigenvalue weighted by Crippen LogP contribution is -2.15. The molecule has 2 aromatic rings. The Bertz CT molecular complexity index is 647. The summed E-state index contributed by atoms with van der Waals surface area (Å²) in [6.45, 7) is 0. The molecule has 124 valence electrons. The highest BCUT2D eigenvalue weighted by Gasteiger charge is 2.04. The Hall–Kier alpha value is -0.980. The molecule has 0 spiro atoms. The molecule has 23 heavy (non-hydrogen) atoms. The largest absolute Gasteiger partial charge is 0.870 e. The summed E-state index contributed by atoms with van der Waals surface area (Å²) in [6.07, 6.45) is 0. The zero-order valence-corrected chi connectivity index (χ0v) is 16.1. The first-order valence-electron chi connectivity index (χ1n) is 6.18. The maximum atomic E-state index is 11.5. The summed E-state index contributed by atoms with van der Waals surface area (Å²) in [5.41, 5.74) is 0.